The molecule has 2 aromatic rings. The van der Waals surface area contributed by atoms with E-state index in [1.54, 1.807) is 23.5 Å². The Bertz CT molecular complexity index is 453. The third kappa shape index (κ3) is 2.41. The number of thiophene rings is 1. The van der Waals surface area contributed by atoms with Crippen molar-refractivity contribution in [2.24, 2.45) is 0 Å². The lowest BCUT2D eigenvalue weighted by Gasteiger charge is -2.18. The van der Waals surface area contributed by atoms with Gasteiger partial charge in [0.05, 0.1) is 6.54 Å². The number of anilines is 1. The van der Waals surface area contributed by atoms with Gasteiger partial charge in [0, 0.05) is 10.6 Å². The Hall–Kier alpha value is -1.81. The van der Waals surface area contributed by atoms with Gasteiger partial charge >= 0.3 is 6.09 Å². The van der Waals surface area contributed by atoms with Crippen LogP contribution in [0.4, 0.5) is 10.5 Å². The van der Waals surface area contributed by atoms with Crippen LogP contribution < -0.4 is 4.90 Å². The molecule has 0 aliphatic heterocycles. The molecule has 0 radical (unpaired) electrons. The van der Waals surface area contributed by atoms with E-state index in [0.29, 0.717) is 12.2 Å². The van der Waals surface area contributed by atoms with Gasteiger partial charge in [-0.1, -0.05) is 24.3 Å². The lowest BCUT2D eigenvalue weighted by Crippen LogP contribution is -2.28. The first-order valence-electron chi connectivity index (χ1n) is 4.85. The van der Waals surface area contributed by atoms with Gasteiger partial charge in [0.15, 0.2) is 0 Å². The number of nitrogens with zero attached hydrogens (tertiary/aromatic N) is 1. The number of hydrogen-bond donors (Lipinski definition) is 1. The zero-order valence-electron chi connectivity index (χ0n) is 8.54. The summed E-state index contributed by atoms with van der Waals surface area (Å²) in [6, 6.07) is 13.0. The van der Waals surface area contributed by atoms with Crippen LogP contribution in [0.1, 0.15) is 4.88 Å². The Morgan fingerprint density at radius 1 is 1.19 bits per heavy atom. The molecule has 0 aliphatic carbocycles. The fraction of sp³-hybridized carbons (Fsp3) is 0.0833. The van der Waals surface area contributed by atoms with Gasteiger partial charge in [-0.3, -0.25) is 4.90 Å². The fourth-order valence-electron chi connectivity index (χ4n) is 1.44. The number of amides is 1. The predicted molar refractivity (Wildman–Crippen MR) is 65.0 cm³/mol. The zero-order valence-corrected chi connectivity index (χ0v) is 9.35. The first-order chi connectivity index (χ1) is 7.77. The topological polar surface area (TPSA) is 40.5 Å². The second kappa shape index (κ2) is 4.81. The molecule has 0 aliphatic rings. The number of para-hydroxylation sites is 1. The standard InChI is InChI=1S/C12H11NO2S/c14-12(15)13(9-11-7-4-8-16-11)10-5-2-1-3-6-10/h1-8H,9H2,(H,14,15). The molecule has 16 heavy (non-hydrogen) atoms. The Balaban J connectivity index is 2.22. The molecule has 4 heteroatoms. The molecule has 82 valence electrons. The zero-order chi connectivity index (χ0) is 11.4. The summed E-state index contributed by atoms with van der Waals surface area (Å²) in [5.41, 5.74) is 0.698. The van der Waals surface area contributed by atoms with Gasteiger partial charge in [-0.25, -0.2) is 4.79 Å². The second-order valence-corrected chi connectivity index (χ2v) is 4.32. The molecule has 3 nitrogen and oxygen atoms in total. The molecular formula is C12H11NO2S. The van der Waals surface area contributed by atoms with E-state index in [1.807, 2.05) is 35.7 Å². The Kier molecular flexibility index (Phi) is 3.22. The maximum atomic E-state index is 11.2. The van der Waals surface area contributed by atoms with Crippen LogP contribution in [0.3, 0.4) is 0 Å². The minimum absolute atomic E-state index is 0.400. The van der Waals surface area contributed by atoms with Crippen molar-refractivity contribution in [1.29, 1.82) is 0 Å². The largest absolute Gasteiger partial charge is 0.465 e. The van der Waals surface area contributed by atoms with Crippen molar-refractivity contribution in [3.05, 3.63) is 52.7 Å². The van der Waals surface area contributed by atoms with Crippen molar-refractivity contribution in [2.75, 3.05) is 4.90 Å². The van der Waals surface area contributed by atoms with E-state index < -0.39 is 6.09 Å². The van der Waals surface area contributed by atoms with Crippen LogP contribution in [0.15, 0.2) is 47.8 Å². The van der Waals surface area contributed by atoms with Crippen molar-refractivity contribution in [1.82, 2.24) is 0 Å². The summed E-state index contributed by atoms with van der Waals surface area (Å²) in [4.78, 5) is 13.5. The molecule has 0 unspecified atom stereocenters. The van der Waals surface area contributed by atoms with Crippen LogP contribution >= 0.6 is 11.3 Å². The number of benzene rings is 1. The third-order valence-corrected chi connectivity index (χ3v) is 3.05. The fourth-order valence-corrected chi connectivity index (χ4v) is 2.13. The van der Waals surface area contributed by atoms with E-state index in [0.717, 1.165) is 4.88 Å². The number of carbonyl (C=O) groups is 1. The molecule has 1 amide bonds. The van der Waals surface area contributed by atoms with Crippen LogP contribution in [0, 0.1) is 0 Å². The van der Waals surface area contributed by atoms with E-state index in [1.165, 1.54) is 4.90 Å². The summed E-state index contributed by atoms with van der Waals surface area (Å²) in [5, 5.41) is 11.1. The van der Waals surface area contributed by atoms with Crippen molar-refractivity contribution < 1.29 is 9.90 Å². The molecule has 1 aromatic carbocycles. The number of hydrogen-bond acceptors (Lipinski definition) is 2. The smallest absolute Gasteiger partial charge is 0.412 e. The van der Waals surface area contributed by atoms with Gasteiger partial charge in [0.1, 0.15) is 0 Å². The highest BCUT2D eigenvalue weighted by atomic mass is 32.1. The van der Waals surface area contributed by atoms with Crippen LogP contribution in [0.2, 0.25) is 0 Å². The highest BCUT2D eigenvalue weighted by Gasteiger charge is 2.14. The van der Waals surface area contributed by atoms with Gasteiger partial charge in [0.25, 0.3) is 0 Å². The van der Waals surface area contributed by atoms with Crippen molar-refractivity contribution in [3.63, 3.8) is 0 Å². The van der Waals surface area contributed by atoms with Gasteiger partial charge in [-0.15, -0.1) is 11.3 Å². The molecule has 1 aromatic heterocycles. The molecule has 2 rings (SSSR count). The highest BCUT2D eigenvalue weighted by Crippen LogP contribution is 2.19. The number of rotatable bonds is 3. The predicted octanol–water partition coefficient (Wildman–Crippen LogP) is 3.43. The Morgan fingerprint density at radius 3 is 2.50 bits per heavy atom. The normalized spacial score (nSPS) is 10.0. The van der Waals surface area contributed by atoms with Crippen molar-refractivity contribution in [2.45, 2.75) is 6.54 Å². The second-order valence-electron chi connectivity index (χ2n) is 3.28. The summed E-state index contributed by atoms with van der Waals surface area (Å²) < 4.78 is 0. The lowest BCUT2D eigenvalue weighted by molar-refractivity contribution is 0.201. The van der Waals surface area contributed by atoms with Gasteiger partial charge < -0.3 is 5.11 Å². The summed E-state index contributed by atoms with van der Waals surface area (Å²) in [7, 11) is 0. The van der Waals surface area contributed by atoms with E-state index in [-0.39, 0.29) is 0 Å². The quantitative estimate of drug-likeness (QED) is 0.882. The molecule has 1 heterocycles. The summed E-state index contributed by atoms with van der Waals surface area (Å²) in [6.07, 6.45) is -0.931. The molecule has 0 spiro atoms. The van der Waals surface area contributed by atoms with Gasteiger partial charge in [-0.05, 0) is 23.6 Å². The van der Waals surface area contributed by atoms with Crippen LogP contribution in [-0.2, 0) is 6.54 Å². The molecule has 0 atom stereocenters. The average Bonchev–Trinajstić information content (AvgIpc) is 2.79. The van der Waals surface area contributed by atoms with Crippen LogP contribution in [-0.4, -0.2) is 11.2 Å². The van der Waals surface area contributed by atoms with E-state index in [9.17, 15) is 4.79 Å². The highest BCUT2D eigenvalue weighted by molar-refractivity contribution is 7.09. The first kappa shape index (κ1) is 10.7. The number of carboxylic acid groups (broad SMARTS) is 1. The maximum Gasteiger partial charge on any atom is 0.412 e. The van der Waals surface area contributed by atoms with E-state index in [2.05, 4.69) is 0 Å². The van der Waals surface area contributed by atoms with Crippen LogP contribution in [0.25, 0.3) is 0 Å². The molecule has 0 fully saturated rings. The molecule has 0 saturated heterocycles. The van der Waals surface area contributed by atoms with Crippen LogP contribution in [0.5, 0.6) is 0 Å². The van der Waals surface area contributed by atoms with Crippen molar-refractivity contribution >= 4 is 23.1 Å². The maximum absolute atomic E-state index is 11.2. The van der Waals surface area contributed by atoms with Gasteiger partial charge in [0.2, 0.25) is 0 Å². The summed E-state index contributed by atoms with van der Waals surface area (Å²) in [6.45, 7) is 0.400. The van der Waals surface area contributed by atoms with E-state index >= 15 is 0 Å². The Labute approximate surface area is 97.6 Å². The van der Waals surface area contributed by atoms with E-state index in [4.69, 9.17) is 5.11 Å². The monoisotopic (exact) mass is 233 g/mol. The SMILES string of the molecule is O=C(O)N(Cc1cccs1)c1ccccc1. The minimum Gasteiger partial charge on any atom is -0.465 e. The molecular weight excluding hydrogens is 222 g/mol. The Morgan fingerprint density at radius 2 is 1.94 bits per heavy atom. The van der Waals surface area contributed by atoms with Crippen molar-refractivity contribution in [3.8, 4) is 0 Å². The van der Waals surface area contributed by atoms with Gasteiger partial charge in [-0.2, -0.15) is 0 Å². The first-order valence-corrected chi connectivity index (χ1v) is 5.73. The lowest BCUT2D eigenvalue weighted by atomic mass is 10.3. The summed E-state index contributed by atoms with van der Waals surface area (Å²) in [5.74, 6) is 0. The average molecular weight is 233 g/mol. The summed E-state index contributed by atoms with van der Waals surface area (Å²) >= 11 is 1.56. The minimum atomic E-state index is -0.931. The molecule has 0 bridgehead atoms. The third-order valence-electron chi connectivity index (χ3n) is 2.19. The molecule has 0 saturated carbocycles. The molecule has 1 N–H and O–H groups in total.